The molecule has 3 rings (SSSR count). The van der Waals surface area contributed by atoms with E-state index in [9.17, 15) is 22.4 Å². The number of pyridine rings is 1. The molecular formula is C20H14ClF4N3O3. The molecule has 0 fully saturated rings. The Balaban J connectivity index is 0.000000423. The number of amides is 1. The van der Waals surface area contributed by atoms with Crippen LogP contribution in [0, 0.1) is 5.82 Å². The number of carbonyl (C=O) groups excluding carboxylic acids is 1. The van der Waals surface area contributed by atoms with Crippen molar-refractivity contribution in [1.29, 1.82) is 0 Å². The van der Waals surface area contributed by atoms with Gasteiger partial charge in [0.2, 0.25) is 0 Å². The molecule has 0 aliphatic rings. The van der Waals surface area contributed by atoms with E-state index in [2.05, 4.69) is 10.3 Å². The third-order valence-corrected chi connectivity index (χ3v) is 3.91. The van der Waals surface area contributed by atoms with Crippen molar-refractivity contribution in [3.8, 4) is 11.3 Å². The second kappa shape index (κ2) is 9.90. The molecule has 0 radical (unpaired) electrons. The van der Waals surface area contributed by atoms with Crippen molar-refractivity contribution >= 4 is 34.9 Å². The van der Waals surface area contributed by atoms with E-state index in [0.29, 0.717) is 33.2 Å². The molecule has 4 N–H and O–H groups in total. The first-order valence-electron chi connectivity index (χ1n) is 8.36. The number of carboxylic acids is 1. The van der Waals surface area contributed by atoms with E-state index in [1.165, 1.54) is 18.2 Å². The number of halogens is 5. The van der Waals surface area contributed by atoms with Gasteiger partial charge in [-0.15, -0.1) is 0 Å². The van der Waals surface area contributed by atoms with Gasteiger partial charge in [-0.2, -0.15) is 13.2 Å². The Hall–Kier alpha value is -3.66. The fourth-order valence-corrected chi connectivity index (χ4v) is 2.48. The predicted octanol–water partition coefficient (Wildman–Crippen LogP) is 5.02. The lowest BCUT2D eigenvalue weighted by molar-refractivity contribution is -0.192. The quantitative estimate of drug-likeness (QED) is 0.479. The maximum Gasteiger partial charge on any atom is 0.490 e. The van der Waals surface area contributed by atoms with Crippen LogP contribution in [0.5, 0.6) is 0 Å². The molecule has 6 nitrogen and oxygen atoms in total. The molecule has 0 saturated carbocycles. The van der Waals surface area contributed by atoms with Gasteiger partial charge in [0, 0.05) is 22.5 Å². The number of hydrogen-bond donors (Lipinski definition) is 3. The first-order chi connectivity index (χ1) is 14.5. The summed E-state index contributed by atoms with van der Waals surface area (Å²) in [5, 5.41) is 10.6. The van der Waals surface area contributed by atoms with Crippen molar-refractivity contribution in [2.75, 3.05) is 5.32 Å². The molecule has 31 heavy (non-hydrogen) atoms. The van der Waals surface area contributed by atoms with Gasteiger partial charge in [-0.1, -0.05) is 23.7 Å². The smallest absolute Gasteiger partial charge is 0.475 e. The van der Waals surface area contributed by atoms with E-state index >= 15 is 0 Å². The molecule has 0 unspecified atom stereocenters. The van der Waals surface area contributed by atoms with Gasteiger partial charge in [-0.3, -0.25) is 9.78 Å². The summed E-state index contributed by atoms with van der Waals surface area (Å²) in [7, 11) is 0. The van der Waals surface area contributed by atoms with Gasteiger partial charge in [0.1, 0.15) is 5.82 Å². The number of carbonyl (C=O) groups is 2. The van der Waals surface area contributed by atoms with Crippen molar-refractivity contribution in [2.45, 2.75) is 6.18 Å². The third kappa shape index (κ3) is 6.68. The molecule has 3 aromatic rings. The zero-order chi connectivity index (χ0) is 23.2. The van der Waals surface area contributed by atoms with Gasteiger partial charge in [0.05, 0.1) is 16.9 Å². The van der Waals surface area contributed by atoms with Gasteiger partial charge < -0.3 is 16.2 Å². The van der Waals surface area contributed by atoms with Crippen LogP contribution in [0.2, 0.25) is 5.02 Å². The van der Waals surface area contributed by atoms with E-state index in [1.54, 1.807) is 42.6 Å². The number of benzene rings is 2. The van der Waals surface area contributed by atoms with Crippen LogP contribution in [-0.4, -0.2) is 28.1 Å². The summed E-state index contributed by atoms with van der Waals surface area (Å²) in [6.45, 7) is 0. The van der Waals surface area contributed by atoms with Gasteiger partial charge in [-0.25, -0.2) is 9.18 Å². The largest absolute Gasteiger partial charge is 0.490 e. The number of aliphatic carboxylic acids is 1. The summed E-state index contributed by atoms with van der Waals surface area (Å²) >= 11 is 5.93. The molecule has 0 aliphatic heterocycles. The molecule has 0 bridgehead atoms. The normalized spacial score (nSPS) is 10.6. The summed E-state index contributed by atoms with van der Waals surface area (Å²) in [5.74, 6) is -3.71. The lowest BCUT2D eigenvalue weighted by atomic mass is 10.1. The van der Waals surface area contributed by atoms with E-state index in [-0.39, 0.29) is 0 Å². The van der Waals surface area contributed by atoms with Crippen LogP contribution in [0.1, 0.15) is 10.4 Å². The molecule has 2 aromatic carbocycles. The highest BCUT2D eigenvalue weighted by Crippen LogP contribution is 2.28. The minimum atomic E-state index is -5.08. The SMILES string of the molecule is NC(=O)c1ccccc1Nc1ccnc(-c2cc(Cl)ccc2F)c1.O=C(O)C(F)(F)F. The molecule has 0 saturated heterocycles. The van der Waals surface area contributed by atoms with Crippen LogP contribution in [0.4, 0.5) is 28.9 Å². The Morgan fingerprint density at radius 3 is 2.32 bits per heavy atom. The molecule has 0 aliphatic carbocycles. The monoisotopic (exact) mass is 455 g/mol. The summed E-state index contributed by atoms with van der Waals surface area (Å²) in [5.41, 5.74) is 7.67. The van der Waals surface area contributed by atoms with E-state index in [0.717, 1.165) is 0 Å². The molecule has 1 aromatic heterocycles. The second-order valence-corrected chi connectivity index (χ2v) is 6.33. The third-order valence-electron chi connectivity index (χ3n) is 3.68. The minimum Gasteiger partial charge on any atom is -0.475 e. The zero-order valence-electron chi connectivity index (χ0n) is 15.5. The maximum absolute atomic E-state index is 14.0. The van der Waals surface area contributed by atoms with Crippen molar-refractivity contribution < 1.29 is 32.3 Å². The number of carboxylic acid groups (broad SMARTS) is 1. The first kappa shape index (κ1) is 23.6. The highest BCUT2D eigenvalue weighted by Gasteiger charge is 2.38. The molecule has 1 amide bonds. The average molecular weight is 456 g/mol. The Kier molecular flexibility index (Phi) is 7.54. The number of aromatic nitrogens is 1. The molecule has 1 heterocycles. The Morgan fingerprint density at radius 1 is 1.06 bits per heavy atom. The van der Waals surface area contributed by atoms with Gasteiger partial charge in [0.15, 0.2) is 0 Å². The van der Waals surface area contributed by atoms with Crippen molar-refractivity contribution in [3.63, 3.8) is 0 Å². The average Bonchev–Trinajstić information content (AvgIpc) is 2.70. The molecule has 162 valence electrons. The lowest BCUT2D eigenvalue weighted by Crippen LogP contribution is -2.21. The van der Waals surface area contributed by atoms with Crippen LogP contribution in [0.15, 0.2) is 60.8 Å². The zero-order valence-corrected chi connectivity index (χ0v) is 16.2. The van der Waals surface area contributed by atoms with Crippen molar-refractivity contribution in [3.05, 3.63) is 77.2 Å². The predicted molar refractivity (Wildman–Crippen MR) is 107 cm³/mol. The number of nitrogens with one attached hydrogen (secondary N) is 1. The number of nitrogens with two attached hydrogens (primary N) is 1. The van der Waals surface area contributed by atoms with Crippen LogP contribution in [-0.2, 0) is 4.79 Å². The highest BCUT2D eigenvalue weighted by atomic mass is 35.5. The number of primary amides is 1. The maximum atomic E-state index is 14.0. The number of hydrogen-bond acceptors (Lipinski definition) is 4. The van der Waals surface area contributed by atoms with Crippen LogP contribution >= 0.6 is 11.6 Å². The highest BCUT2D eigenvalue weighted by molar-refractivity contribution is 6.30. The topological polar surface area (TPSA) is 105 Å². The summed E-state index contributed by atoms with van der Waals surface area (Å²) in [6, 6.07) is 14.5. The van der Waals surface area contributed by atoms with Gasteiger partial charge in [0.25, 0.3) is 5.91 Å². The molecule has 0 atom stereocenters. The van der Waals surface area contributed by atoms with E-state index in [4.69, 9.17) is 27.2 Å². The van der Waals surface area contributed by atoms with E-state index in [1.807, 2.05) is 0 Å². The van der Waals surface area contributed by atoms with Crippen molar-refractivity contribution in [1.82, 2.24) is 4.98 Å². The number of rotatable bonds is 4. The van der Waals surface area contributed by atoms with Crippen LogP contribution in [0.3, 0.4) is 0 Å². The lowest BCUT2D eigenvalue weighted by Gasteiger charge is -2.11. The fraction of sp³-hybridized carbons (Fsp3) is 0.0500. The molecule has 0 spiro atoms. The van der Waals surface area contributed by atoms with Crippen LogP contribution in [0.25, 0.3) is 11.3 Å². The first-order valence-corrected chi connectivity index (χ1v) is 8.74. The Labute approximate surface area is 178 Å². The Morgan fingerprint density at radius 2 is 1.71 bits per heavy atom. The number of anilines is 2. The minimum absolute atomic E-state index is 0.300. The second-order valence-electron chi connectivity index (χ2n) is 5.89. The number of nitrogens with zero attached hydrogens (tertiary/aromatic N) is 1. The van der Waals surface area contributed by atoms with Crippen molar-refractivity contribution in [2.24, 2.45) is 5.73 Å². The van der Waals surface area contributed by atoms with Gasteiger partial charge in [-0.05, 0) is 42.5 Å². The number of alkyl halides is 3. The number of para-hydroxylation sites is 1. The summed E-state index contributed by atoms with van der Waals surface area (Å²) < 4.78 is 45.7. The summed E-state index contributed by atoms with van der Waals surface area (Å²) in [4.78, 5) is 24.6. The standard InChI is InChI=1S/C18H13ClFN3O.C2HF3O2/c19-11-5-6-15(20)14(9-11)17-10-12(7-8-22-17)23-16-4-2-1-3-13(16)18(21)24;3-2(4,5)1(6)7/h1-10H,(H2,21,24)(H,22,23);(H,6,7). The van der Waals surface area contributed by atoms with Crippen LogP contribution < -0.4 is 11.1 Å². The van der Waals surface area contributed by atoms with Gasteiger partial charge >= 0.3 is 12.1 Å². The Bertz CT molecular complexity index is 1110. The molecular weight excluding hydrogens is 442 g/mol. The summed E-state index contributed by atoms with van der Waals surface area (Å²) in [6.07, 6.45) is -3.54. The van der Waals surface area contributed by atoms with E-state index < -0.39 is 23.9 Å². The molecule has 11 heteroatoms. The fourth-order valence-electron chi connectivity index (χ4n) is 2.31.